The van der Waals surface area contributed by atoms with Crippen LogP contribution in [0.5, 0.6) is 5.75 Å². The molecule has 0 fully saturated rings. The van der Waals surface area contributed by atoms with Crippen molar-refractivity contribution in [3.05, 3.63) is 71.8 Å². The minimum absolute atomic E-state index is 0.145. The molecule has 6 nitrogen and oxygen atoms in total. The van der Waals surface area contributed by atoms with E-state index < -0.39 is 15.9 Å². The van der Waals surface area contributed by atoms with Gasteiger partial charge in [-0.1, -0.05) is 29.8 Å². The van der Waals surface area contributed by atoms with Gasteiger partial charge in [-0.15, -0.1) is 0 Å². The number of amides is 1. The molecular weight excluding hydrogens is 412 g/mol. The first-order valence-electron chi connectivity index (χ1n) is 8.76. The van der Waals surface area contributed by atoms with E-state index in [2.05, 4.69) is 5.32 Å². The summed E-state index contributed by atoms with van der Waals surface area (Å²) < 4.78 is 32.6. The van der Waals surface area contributed by atoms with E-state index in [4.69, 9.17) is 16.3 Å². The molecule has 29 heavy (non-hydrogen) atoms. The summed E-state index contributed by atoms with van der Waals surface area (Å²) >= 11 is 6.14. The Hall–Kier alpha value is -3.03. The Labute approximate surface area is 173 Å². The maximum atomic E-state index is 13.2. The van der Waals surface area contributed by atoms with Gasteiger partial charge in [0.25, 0.3) is 10.0 Å². The number of sulfonamides is 1. The topological polar surface area (TPSA) is 75.7 Å². The normalized spacial score (nSPS) is 13.9. The number of methoxy groups -OCH3 is 1. The minimum atomic E-state index is -3.90. The predicted octanol–water partition coefficient (Wildman–Crippen LogP) is 4.16. The number of rotatable bonds is 4. The predicted molar refractivity (Wildman–Crippen MR) is 113 cm³/mol. The SMILES string of the molecule is COc1ccc(NC(=O)CN2c3ccc(Cl)cc3-c3ccccc3S2(=O)=O)cc1. The molecule has 1 heterocycles. The van der Waals surface area contributed by atoms with Crippen molar-refractivity contribution in [1.29, 1.82) is 0 Å². The van der Waals surface area contributed by atoms with E-state index in [0.29, 0.717) is 33.3 Å². The van der Waals surface area contributed by atoms with Crippen LogP contribution in [0.3, 0.4) is 0 Å². The zero-order chi connectivity index (χ0) is 20.6. The van der Waals surface area contributed by atoms with Gasteiger partial charge >= 0.3 is 0 Å². The number of carbonyl (C=O) groups is 1. The molecule has 1 aliphatic heterocycles. The van der Waals surface area contributed by atoms with Crippen LogP contribution in [-0.4, -0.2) is 28.0 Å². The molecule has 3 aromatic carbocycles. The van der Waals surface area contributed by atoms with Crippen molar-refractivity contribution in [3.63, 3.8) is 0 Å². The number of hydrogen-bond donors (Lipinski definition) is 1. The maximum Gasteiger partial charge on any atom is 0.265 e. The summed E-state index contributed by atoms with van der Waals surface area (Å²) in [6.07, 6.45) is 0. The largest absolute Gasteiger partial charge is 0.497 e. The molecule has 148 valence electrons. The molecule has 0 spiro atoms. The van der Waals surface area contributed by atoms with Crippen molar-refractivity contribution in [2.24, 2.45) is 0 Å². The highest BCUT2D eigenvalue weighted by Gasteiger charge is 2.35. The highest BCUT2D eigenvalue weighted by atomic mass is 35.5. The molecule has 1 amide bonds. The molecule has 0 unspecified atom stereocenters. The van der Waals surface area contributed by atoms with Gasteiger partial charge in [-0.2, -0.15) is 0 Å². The second-order valence-electron chi connectivity index (χ2n) is 6.45. The fourth-order valence-corrected chi connectivity index (χ4v) is 5.10. The van der Waals surface area contributed by atoms with Crippen molar-refractivity contribution in [2.45, 2.75) is 4.90 Å². The number of carbonyl (C=O) groups excluding carboxylic acids is 1. The number of halogens is 1. The number of benzene rings is 3. The van der Waals surface area contributed by atoms with Crippen LogP contribution in [0.1, 0.15) is 0 Å². The molecule has 4 rings (SSSR count). The Morgan fingerprint density at radius 2 is 1.76 bits per heavy atom. The van der Waals surface area contributed by atoms with E-state index in [1.807, 2.05) is 0 Å². The van der Waals surface area contributed by atoms with Gasteiger partial charge in [0.05, 0.1) is 17.7 Å². The monoisotopic (exact) mass is 428 g/mol. The van der Waals surface area contributed by atoms with Gasteiger partial charge in [-0.3, -0.25) is 9.10 Å². The lowest BCUT2D eigenvalue weighted by Crippen LogP contribution is -2.40. The van der Waals surface area contributed by atoms with E-state index in [0.717, 1.165) is 4.31 Å². The first-order chi connectivity index (χ1) is 13.9. The van der Waals surface area contributed by atoms with E-state index in [-0.39, 0.29) is 11.4 Å². The zero-order valence-electron chi connectivity index (χ0n) is 15.4. The molecule has 0 saturated carbocycles. The quantitative estimate of drug-likeness (QED) is 0.676. The van der Waals surface area contributed by atoms with Gasteiger partial charge in [-0.25, -0.2) is 8.42 Å². The molecule has 0 radical (unpaired) electrons. The van der Waals surface area contributed by atoms with Crippen LogP contribution < -0.4 is 14.4 Å². The number of hydrogen-bond acceptors (Lipinski definition) is 4. The third-order valence-electron chi connectivity index (χ3n) is 4.63. The van der Waals surface area contributed by atoms with Crippen molar-refractivity contribution < 1.29 is 17.9 Å². The fraction of sp³-hybridized carbons (Fsp3) is 0.0952. The molecule has 8 heteroatoms. The lowest BCUT2D eigenvalue weighted by Gasteiger charge is -2.31. The Kier molecular flexibility index (Phi) is 4.94. The van der Waals surface area contributed by atoms with Gasteiger partial charge in [0.15, 0.2) is 0 Å². The average Bonchev–Trinajstić information content (AvgIpc) is 2.72. The van der Waals surface area contributed by atoms with Crippen LogP contribution in [0, 0.1) is 0 Å². The van der Waals surface area contributed by atoms with Gasteiger partial charge in [-0.05, 0) is 48.5 Å². The minimum Gasteiger partial charge on any atom is -0.497 e. The standard InChI is InChI=1S/C21H17ClN2O4S/c1-28-16-9-7-15(8-10-16)23-21(25)13-24-19-11-6-14(22)12-18(19)17-4-2-3-5-20(17)29(24,26)27/h2-12H,13H2,1H3,(H,23,25). The zero-order valence-corrected chi connectivity index (χ0v) is 17.0. The van der Waals surface area contributed by atoms with Crippen molar-refractivity contribution in [3.8, 4) is 16.9 Å². The number of anilines is 2. The lowest BCUT2D eigenvalue weighted by atomic mass is 10.0. The van der Waals surface area contributed by atoms with E-state index in [9.17, 15) is 13.2 Å². The van der Waals surface area contributed by atoms with Gasteiger partial charge in [0, 0.05) is 21.8 Å². The van der Waals surface area contributed by atoms with Gasteiger partial charge < -0.3 is 10.1 Å². The molecule has 3 aromatic rings. The summed E-state index contributed by atoms with van der Waals surface area (Å²) in [5, 5.41) is 3.20. The highest BCUT2D eigenvalue weighted by molar-refractivity contribution is 7.93. The van der Waals surface area contributed by atoms with Crippen LogP contribution >= 0.6 is 11.6 Å². The fourth-order valence-electron chi connectivity index (χ4n) is 3.28. The molecule has 0 bridgehead atoms. The summed E-state index contributed by atoms with van der Waals surface area (Å²) in [6.45, 7) is -0.364. The third kappa shape index (κ3) is 3.54. The molecule has 0 saturated heterocycles. The molecular formula is C21H17ClN2O4S. The molecule has 1 aliphatic rings. The van der Waals surface area contributed by atoms with E-state index in [1.165, 1.54) is 6.07 Å². The molecule has 0 aromatic heterocycles. The van der Waals surface area contributed by atoms with Crippen LogP contribution in [0.4, 0.5) is 11.4 Å². The average molecular weight is 429 g/mol. The highest BCUT2D eigenvalue weighted by Crippen LogP contribution is 2.43. The van der Waals surface area contributed by atoms with Crippen LogP contribution in [0.15, 0.2) is 71.6 Å². The van der Waals surface area contributed by atoms with Crippen LogP contribution in [0.25, 0.3) is 11.1 Å². The summed E-state index contributed by atoms with van der Waals surface area (Å²) in [4.78, 5) is 12.8. The molecule has 0 atom stereocenters. The van der Waals surface area contributed by atoms with Crippen molar-refractivity contribution in [1.82, 2.24) is 0 Å². The van der Waals surface area contributed by atoms with Crippen molar-refractivity contribution in [2.75, 3.05) is 23.3 Å². The number of ether oxygens (including phenoxy) is 1. The first-order valence-corrected chi connectivity index (χ1v) is 10.6. The van der Waals surface area contributed by atoms with Crippen LogP contribution in [0.2, 0.25) is 5.02 Å². The van der Waals surface area contributed by atoms with Crippen molar-refractivity contribution >= 4 is 38.9 Å². The molecule has 0 aliphatic carbocycles. The second kappa shape index (κ2) is 7.42. The maximum absolute atomic E-state index is 13.2. The smallest absolute Gasteiger partial charge is 0.265 e. The van der Waals surface area contributed by atoms with Crippen LogP contribution in [-0.2, 0) is 14.8 Å². The number of nitrogens with one attached hydrogen (secondary N) is 1. The summed E-state index contributed by atoms with van der Waals surface area (Å²) in [5.74, 6) is 0.197. The Morgan fingerprint density at radius 3 is 2.48 bits per heavy atom. The Balaban J connectivity index is 1.69. The second-order valence-corrected chi connectivity index (χ2v) is 8.71. The summed E-state index contributed by atoms with van der Waals surface area (Å²) in [6, 6.07) is 18.4. The lowest BCUT2D eigenvalue weighted by molar-refractivity contribution is -0.114. The van der Waals surface area contributed by atoms with Gasteiger partial charge in [0.2, 0.25) is 5.91 Å². The Bertz CT molecular complexity index is 1190. The first kappa shape index (κ1) is 19.3. The Morgan fingerprint density at radius 1 is 1.03 bits per heavy atom. The molecule has 1 N–H and O–H groups in total. The van der Waals surface area contributed by atoms with E-state index >= 15 is 0 Å². The number of fused-ring (bicyclic) bond motifs is 3. The summed E-state index contributed by atoms with van der Waals surface area (Å²) in [5.41, 5.74) is 2.19. The van der Waals surface area contributed by atoms with E-state index in [1.54, 1.807) is 67.8 Å². The number of nitrogens with zero attached hydrogens (tertiary/aromatic N) is 1. The summed E-state index contributed by atoms with van der Waals surface area (Å²) in [7, 11) is -2.35. The third-order valence-corrected chi connectivity index (χ3v) is 6.69. The van der Waals surface area contributed by atoms with Gasteiger partial charge in [0.1, 0.15) is 12.3 Å².